The number of carbonyl (C=O) groups excluding carboxylic acids is 1. The van der Waals surface area contributed by atoms with Crippen LogP contribution in [0.25, 0.3) is 0 Å². The Balaban J connectivity index is 3.38. The summed E-state index contributed by atoms with van der Waals surface area (Å²) in [6.45, 7) is 0. The lowest BCUT2D eigenvalue weighted by atomic mass is 10.3. The number of pyridine rings is 1. The van der Waals surface area contributed by atoms with Crippen LogP contribution in [0, 0.1) is 10.1 Å². The first kappa shape index (κ1) is 14.0. The third kappa shape index (κ3) is 3.20. The molecule has 1 rings (SSSR count). The van der Waals surface area contributed by atoms with E-state index in [0.717, 1.165) is 0 Å². The fourth-order valence-electron chi connectivity index (χ4n) is 0.951. The van der Waals surface area contributed by atoms with Crippen molar-refractivity contribution < 1.29 is 32.7 Å². The summed E-state index contributed by atoms with van der Waals surface area (Å²) in [6, 6.07) is 0.230. The van der Waals surface area contributed by atoms with Crippen molar-refractivity contribution in [1.29, 1.82) is 0 Å². The van der Waals surface area contributed by atoms with Gasteiger partial charge in [-0.05, 0) is 21.5 Å². The van der Waals surface area contributed by atoms with Gasteiger partial charge in [0.15, 0.2) is 5.75 Å². The van der Waals surface area contributed by atoms with Crippen LogP contribution < -0.4 is 4.74 Å². The van der Waals surface area contributed by atoms with E-state index in [4.69, 9.17) is 16.7 Å². The molecule has 0 fully saturated rings. The summed E-state index contributed by atoms with van der Waals surface area (Å²) in [7, 11) is 0. The van der Waals surface area contributed by atoms with Gasteiger partial charge in [0.1, 0.15) is 0 Å². The number of nitro groups is 1. The van der Waals surface area contributed by atoms with Crippen molar-refractivity contribution in [2.24, 2.45) is 0 Å². The molecule has 11 heteroatoms. The van der Waals surface area contributed by atoms with Crippen LogP contribution in [0.15, 0.2) is 6.07 Å². The third-order valence-corrected chi connectivity index (χ3v) is 1.71. The highest BCUT2D eigenvalue weighted by molar-refractivity contribution is 6.67. The predicted octanol–water partition coefficient (Wildman–Crippen LogP) is 1.97. The molecule has 1 aromatic rings. The third-order valence-electron chi connectivity index (χ3n) is 1.53. The molecule has 0 spiro atoms. The summed E-state index contributed by atoms with van der Waals surface area (Å²) in [5.41, 5.74) is -0.946. The summed E-state index contributed by atoms with van der Waals surface area (Å²) in [4.78, 5) is 22.7. The Morgan fingerprint density at radius 3 is 2.50 bits per heavy atom. The predicted molar refractivity (Wildman–Crippen MR) is 49.4 cm³/mol. The molecule has 1 aromatic heterocycles. The molecule has 0 saturated heterocycles. The number of carbonyl (C=O) groups is 1. The van der Waals surface area contributed by atoms with Gasteiger partial charge in [-0.3, -0.25) is 4.79 Å². The van der Waals surface area contributed by atoms with Crippen molar-refractivity contribution >= 4 is 22.7 Å². The Labute approximate surface area is 101 Å². The van der Waals surface area contributed by atoms with Crippen molar-refractivity contribution in [1.82, 2.24) is 4.98 Å². The van der Waals surface area contributed by atoms with Crippen molar-refractivity contribution in [3.8, 4) is 11.5 Å². The van der Waals surface area contributed by atoms with Crippen molar-refractivity contribution in [3.63, 3.8) is 0 Å². The highest BCUT2D eigenvalue weighted by Gasteiger charge is 2.37. The van der Waals surface area contributed by atoms with Crippen LogP contribution >= 0.6 is 11.6 Å². The number of rotatable bonds is 3. The summed E-state index contributed by atoms with van der Waals surface area (Å²) >= 11 is 4.92. The van der Waals surface area contributed by atoms with Gasteiger partial charge < -0.3 is 20.0 Å². The normalized spacial score (nSPS) is 11.1. The van der Waals surface area contributed by atoms with Crippen LogP contribution in [0.5, 0.6) is 11.5 Å². The van der Waals surface area contributed by atoms with Crippen LogP contribution in [-0.4, -0.2) is 26.6 Å². The molecule has 0 bridgehead atoms. The zero-order chi connectivity index (χ0) is 14.1. The van der Waals surface area contributed by atoms with Gasteiger partial charge >= 0.3 is 12.2 Å². The van der Waals surface area contributed by atoms with Crippen LogP contribution in [0.3, 0.4) is 0 Å². The molecule has 0 aromatic carbocycles. The lowest BCUT2D eigenvalue weighted by molar-refractivity contribution is -0.393. The van der Waals surface area contributed by atoms with Crippen LogP contribution in [0.2, 0.25) is 0 Å². The molecule has 0 amide bonds. The van der Waals surface area contributed by atoms with E-state index in [1.165, 1.54) is 0 Å². The van der Waals surface area contributed by atoms with Gasteiger partial charge in [-0.25, -0.2) is 0 Å². The van der Waals surface area contributed by atoms with E-state index in [2.05, 4.69) is 9.72 Å². The topological polar surface area (TPSA) is 103 Å². The number of hydrogen-bond acceptors (Lipinski definition) is 6. The first-order valence-electron chi connectivity index (χ1n) is 3.96. The van der Waals surface area contributed by atoms with E-state index in [9.17, 15) is 28.1 Å². The van der Waals surface area contributed by atoms with E-state index in [1.54, 1.807) is 0 Å². The maximum Gasteiger partial charge on any atom is 0.573 e. The second-order valence-electron chi connectivity index (χ2n) is 2.76. The lowest BCUT2D eigenvalue weighted by Crippen LogP contribution is -2.18. The number of aromatic hydroxyl groups is 1. The average molecular weight is 287 g/mol. The molecule has 0 aliphatic rings. The van der Waals surface area contributed by atoms with E-state index in [0.29, 0.717) is 0 Å². The van der Waals surface area contributed by atoms with Gasteiger partial charge in [-0.2, -0.15) is 0 Å². The zero-order valence-electron chi connectivity index (χ0n) is 8.06. The van der Waals surface area contributed by atoms with E-state index in [-0.39, 0.29) is 6.07 Å². The second kappa shape index (κ2) is 4.64. The molecule has 1 N–H and O–H groups in total. The largest absolute Gasteiger partial charge is 0.573 e. The molecular formula is C7H2ClF3N2O5. The van der Waals surface area contributed by atoms with Gasteiger partial charge in [-0.15, -0.1) is 13.2 Å². The highest BCUT2D eigenvalue weighted by Crippen LogP contribution is 2.35. The summed E-state index contributed by atoms with van der Waals surface area (Å²) < 4.78 is 39.1. The van der Waals surface area contributed by atoms with E-state index < -0.39 is 39.5 Å². The molecule has 1 heterocycles. The molecule has 7 nitrogen and oxygen atoms in total. The van der Waals surface area contributed by atoms with Crippen LogP contribution in [-0.2, 0) is 0 Å². The van der Waals surface area contributed by atoms with Crippen molar-refractivity contribution in [2.75, 3.05) is 0 Å². The van der Waals surface area contributed by atoms with Crippen molar-refractivity contribution in [3.05, 3.63) is 21.9 Å². The maximum absolute atomic E-state index is 11.9. The molecule has 18 heavy (non-hydrogen) atoms. The van der Waals surface area contributed by atoms with Gasteiger partial charge in [0.2, 0.25) is 5.75 Å². The van der Waals surface area contributed by atoms with Crippen LogP contribution in [0.4, 0.5) is 19.0 Å². The monoisotopic (exact) mass is 286 g/mol. The second-order valence-corrected chi connectivity index (χ2v) is 3.10. The number of ether oxygens (including phenoxy) is 1. The molecule has 0 atom stereocenters. The van der Waals surface area contributed by atoms with E-state index >= 15 is 0 Å². The number of nitrogens with zero attached hydrogens (tertiary/aromatic N) is 2. The first-order chi connectivity index (χ1) is 8.11. The van der Waals surface area contributed by atoms with Gasteiger partial charge in [0, 0.05) is 6.07 Å². The number of aromatic nitrogens is 1. The smallest absolute Gasteiger partial charge is 0.504 e. The fourth-order valence-corrected chi connectivity index (χ4v) is 1.09. The highest BCUT2D eigenvalue weighted by atomic mass is 35.5. The molecule has 0 radical (unpaired) electrons. The van der Waals surface area contributed by atoms with Gasteiger partial charge in [0.05, 0.1) is 0 Å². The van der Waals surface area contributed by atoms with Gasteiger partial charge in [-0.1, -0.05) is 0 Å². The molecule has 0 aliphatic heterocycles. The Kier molecular flexibility index (Phi) is 3.60. The molecular weight excluding hydrogens is 285 g/mol. The zero-order valence-corrected chi connectivity index (χ0v) is 8.82. The average Bonchev–Trinajstić information content (AvgIpc) is 2.13. The van der Waals surface area contributed by atoms with E-state index in [1.807, 2.05) is 0 Å². The summed E-state index contributed by atoms with van der Waals surface area (Å²) in [5, 5.41) is 18.2. The lowest BCUT2D eigenvalue weighted by Gasteiger charge is -2.09. The number of alkyl halides is 3. The molecule has 0 aliphatic carbocycles. The first-order valence-corrected chi connectivity index (χ1v) is 4.33. The van der Waals surface area contributed by atoms with Gasteiger partial charge in [0.25, 0.3) is 10.9 Å². The van der Waals surface area contributed by atoms with Crippen molar-refractivity contribution in [2.45, 2.75) is 6.36 Å². The quantitative estimate of drug-likeness (QED) is 0.517. The Morgan fingerprint density at radius 2 is 2.11 bits per heavy atom. The Hall–Kier alpha value is -2.10. The minimum atomic E-state index is -5.22. The summed E-state index contributed by atoms with van der Waals surface area (Å²) in [5.74, 6) is -3.82. The Bertz CT molecular complexity index is 519. The SMILES string of the molecule is O=C(Cl)c1nc([N+](=O)[O-])c(OC(F)(F)F)cc1O. The minimum Gasteiger partial charge on any atom is -0.504 e. The standard InChI is InChI=1S/C7H2ClF3N2O5/c8-5(15)4-2(14)1-3(18-7(9,10)11)6(12-4)13(16)17/h1,14H. The Morgan fingerprint density at radius 1 is 1.56 bits per heavy atom. The molecule has 0 unspecified atom stereocenters. The minimum absolute atomic E-state index is 0.230. The van der Waals surface area contributed by atoms with Crippen LogP contribution in [0.1, 0.15) is 10.5 Å². The number of hydrogen-bond donors (Lipinski definition) is 1. The fraction of sp³-hybridized carbons (Fsp3) is 0.143. The maximum atomic E-state index is 11.9. The summed E-state index contributed by atoms with van der Waals surface area (Å²) in [6.07, 6.45) is -5.22. The number of halogens is 4. The molecule has 0 saturated carbocycles. The molecule has 98 valence electrons.